The molecule has 0 saturated carbocycles. The molecule has 0 bridgehead atoms. The molecule has 0 aliphatic carbocycles. The van der Waals surface area contributed by atoms with Crippen LogP contribution in [0.25, 0.3) is 0 Å². The lowest BCUT2D eigenvalue weighted by Gasteiger charge is -2.29. The molecule has 0 radical (unpaired) electrons. The summed E-state index contributed by atoms with van der Waals surface area (Å²) >= 11 is 0. The van der Waals surface area contributed by atoms with Gasteiger partial charge < -0.3 is 20.7 Å². The van der Waals surface area contributed by atoms with Crippen molar-refractivity contribution in [2.45, 2.75) is 18.6 Å². The van der Waals surface area contributed by atoms with Crippen molar-refractivity contribution in [1.82, 2.24) is 4.90 Å². The van der Waals surface area contributed by atoms with E-state index < -0.39 is 54.2 Å². The first-order valence-corrected chi connectivity index (χ1v) is 8.59. The van der Waals surface area contributed by atoms with Gasteiger partial charge in [-0.05, 0) is 25.2 Å². The van der Waals surface area contributed by atoms with Gasteiger partial charge in [-0.15, -0.1) is 0 Å². The summed E-state index contributed by atoms with van der Waals surface area (Å²) in [5.41, 5.74) is 3.11. The average molecular weight is 438 g/mol. The molecule has 0 unspecified atom stereocenters. The first-order chi connectivity index (χ1) is 13.9. The number of amides is 3. The second-order valence-electron chi connectivity index (χ2n) is 6.45. The zero-order valence-corrected chi connectivity index (χ0v) is 15.7. The van der Waals surface area contributed by atoms with Crippen molar-refractivity contribution in [3.8, 4) is 0 Å². The summed E-state index contributed by atoms with van der Waals surface area (Å²) in [5.74, 6) is -3.08. The van der Waals surface area contributed by atoms with Crippen LogP contribution in [0.5, 0.6) is 0 Å². The molecule has 1 saturated heterocycles. The van der Waals surface area contributed by atoms with Gasteiger partial charge >= 0.3 is 6.18 Å². The highest BCUT2D eigenvalue weighted by atomic mass is 19.4. The predicted octanol–water partition coefficient (Wildman–Crippen LogP) is 1.06. The van der Waals surface area contributed by atoms with Crippen LogP contribution in [0.3, 0.4) is 0 Å². The fourth-order valence-electron chi connectivity index (χ4n) is 2.93. The predicted molar refractivity (Wildman–Crippen MR) is 94.9 cm³/mol. The standard InChI is InChI=1S/C17H19F5N4O4/c1-25(7-12(18)19)14(15(23)28)16(29)24-9-2-3-11(10(6-9)17(20,21)22)26-4-5-30-8-13(26)27/h2-3,6,12,14H,4-5,7-8H2,1H3,(H2,23,28)(H,24,29)/t14-/m0/s1. The molecule has 3 amide bonds. The van der Waals surface area contributed by atoms with E-state index in [1.54, 1.807) is 0 Å². The van der Waals surface area contributed by atoms with Crippen LogP contribution in [0, 0.1) is 0 Å². The highest BCUT2D eigenvalue weighted by Crippen LogP contribution is 2.38. The zero-order valence-electron chi connectivity index (χ0n) is 15.7. The Balaban J connectivity index is 2.32. The third kappa shape index (κ3) is 5.63. The van der Waals surface area contributed by atoms with Gasteiger partial charge in [0.05, 0.1) is 24.4 Å². The van der Waals surface area contributed by atoms with E-state index in [1.807, 2.05) is 0 Å². The molecule has 1 aliphatic rings. The maximum atomic E-state index is 13.6. The van der Waals surface area contributed by atoms with Gasteiger partial charge in [-0.1, -0.05) is 0 Å². The molecule has 1 atom stereocenters. The summed E-state index contributed by atoms with van der Waals surface area (Å²) in [6.07, 6.45) is -7.74. The molecule has 1 aromatic carbocycles. The number of benzene rings is 1. The molecule has 1 fully saturated rings. The van der Waals surface area contributed by atoms with E-state index in [0.29, 0.717) is 11.0 Å². The number of nitrogens with two attached hydrogens (primary N) is 1. The highest BCUT2D eigenvalue weighted by molar-refractivity contribution is 6.09. The molecule has 13 heteroatoms. The van der Waals surface area contributed by atoms with E-state index in [9.17, 15) is 36.3 Å². The number of hydrogen-bond acceptors (Lipinski definition) is 5. The van der Waals surface area contributed by atoms with E-state index in [0.717, 1.165) is 24.1 Å². The molecule has 0 spiro atoms. The van der Waals surface area contributed by atoms with Gasteiger partial charge in [0.15, 0.2) is 6.04 Å². The van der Waals surface area contributed by atoms with Crippen molar-refractivity contribution in [1.29, 1.82) is 0 Å². The van der Waals surface area contributed by atoms with E-state index in [4.69, 9.17) is 10.5 Å². The molecule has 1 aromatic rings. The van der Waals surface area contributed by atoms with Crippen LogP contribution in [0.1, 0.15) is 5.56 Å². The number of halogens is 5. The van der Waals surface area contributed by atoms with Crippen molar-refractivity contribution >= 4 is 29.1 Å². The lowest BCUT2D eigenvalue weighted by Crippen LogP contribution is -2.51. The smallest absolute Gasteiger partial charge is 0.370 e. The summed E-state index contributed by atoms with van der Waals surface area (Å²) in [7, 11) is 1.05. The number of nitrogens with one attached hydrogen (secondary N) is 1. The Morgan fingerprint density at radius 1 is 1.33 bits per heavy atom. The van der Waals surface area contributed by atoms with E-state index >= 15 is 0 Å². The number of rotatable bonds is 7. The van der Waals surface area contributed by atoms with Crippen molar-refractivity contribution in [2.75, 3.05) is 43.6 Å². The number of alkyl halides is 5. The molecule has 166 valence electrons. The topological polar surface area (TPSA) is 105 Å². The number of likely N-dealkylation sites (N-methyl/N-ethyl adjacent to an activating group) is 1. The fraction of sp³-hybridized carbons (Fsp3) is 0.471. The molecule has 2 rings (SSSR count). The lowest BCUT2D eigenvalue weighted by atomic mass is 10.1. The van der Waals surface area contributed by atoms with Crippen LogP contribution in [0.2, 0.25) is 0 Å². The number of anilines is 2. The second kappa shape index (κ2) is 9.34. The monoisotopic (exact) mass is 438 g/mol. The van der Waals surface area contributed by atoms with Gasteiger partial charge in [0, 0.05) is 12.2 Å². The Kier molecular flexibility index (Phi) is 7.31. The van der Waals surface area contributed by atoms with Gasteiger partial charge in [-0.2, -0.15) is 13.2 Å². The number of primary amides is 1. The van der Waals surface area contributed by atoms with E-state index in [1.165, 1.54) is 0 Å². The van der Waals surface area contributed by atoms with Crippen LogP contribution >= 0.6 is 0 Å². The number of carbonyl (C=O) groups is 3. The number of nitrogens with zero attached hydrogens (tertiary/aromatic N) is 2. The Morgan fingerprint density at radius 2 is 2.00 bits per heavy atom. The SMILES string of the molecule is CN(CC(F)F)[C@@H](C(N)=O)C(=O)Nc1ccc(N2CCOCC2=O)c(C(F)(F)F)c1. The van der Waals surface area contributed by atoms with Crippen molar-refractivity contribution in [3.63, 3.8) is 0 Å². The van der Waals surface area contributed by atoms with Gasteiger partial charge in [0.2, 0.25) is 5.91 Å². The van der Waals surface area contributed by atoms with Gasteiger partial charge in [-0.3, -0.25) is 19.3 Å². The van der Waals surface area contributed by atoms with Crippen LogP contribution in [-0.2, 0) is 25.3 Å². The van der Waals surface area contributed by atoms with Crippen LogP contribution in [0.4, 0.5) is 33.3 Å². The molecule has 1 aliphatic heterocycles. The third-order valence-corrected chi connectivity index (χ3v) is 4.23. The van der Waals surface area contributed by atoms with Gasteiger partial charge in [0.1, 0.15) is 6.61 Å². The molecular formula is C17H19F5N4O4. The molecule has 30 heavy (non-hydrogen) atoms. The number of morpholine rings is 1. The largest absolute Gasteiger partial charge is 0.418 e. The van der Waals surface area contributed by atoms with Crippen LogP contribution in [-0.4, -0.2) is 68.4 Å². The molecule has 3 N–H and O–H groups in total. The van der Waals surface area contributed by atoms with E-state index in [-0.39, 0.29) is 25.4 Å². The van der Waals surface area contributed by atoms with Crippen LogP contribution in [0.15, 0.2) is 18.2 Å². The maximum absolute atomic E-state index is 13.6. The summed E-state index contributed by atoms with van der Waals surface area (Å²) in [6.45, 7) is -1.35. The summed E-state index contributed by atoms with van der Waals surface area (Å²) in [5, 5.41) is 2.08. The van der Waals surface area contributed by atoms with E-state index in [2.05, 4.69) is 5.32 Å². The Bertz CT molecular complexity index is 818. The number of carbonyl (C=O) groups excluding carboxylic acids is 3. The molecule has 8 nitrogen and oxygen atoms in total. The summed E-state index contributed by atoms with van der Waals surface area (Å²) in [4.78, 5) is 37.3. The van der Waals surface area contributed by atoms with Crippen molar-refractivity contribution < 1.29 is 41.1 Å². The van der Waals surface area contributed by atoms with Crippen LogP contribution < -0.4 is 16.0 Å². The minimum Gasteiger partial charge on any atom is -0.370 e. The first kappa shape index (κ1) is 23.5. The maximum Gasteiger partial charge on any atom is 0.418 e. The van der Waals surface area contributed by atoms with Gasteiger partial charge in [0.25, 0.3) is 18.2 Å². The minimum absolute atomic E-state index is 0.0539. The molecule has 0 aromatic heterocycles. The van der Waals surface area contributed by atoms with Crippen molar-refractivity contribution in [2.24, 2.45) is 5.73 Å². The average Bonchev–Trinajstić information content (AvgIpc) is 2.60. The molecular weight excluding hydrogens is 419 g/mol. The summed E-state index contributed by atoms with van der Waals surface area (Å²) in [6, 6.07) is 0.843. The zero-order chi connectivity index (χ0) is 22.6. The third-order valence-electron chi connectivity index (χ3n) is 4.23. The van der Waals surface area contributed by atoms with Crippen molar-refractivity contribution in [3.05, 3.63) is 23.8 Å². The van der Waals surface area contributed by atoms with Gasteiger partial charge in [-0.25, -0.2) is 8.78 Å². The Hall–Kier alpha value is -2.80. The highest BCUT2D eigenvalue weighted by Gasteiger charge is 2.37. The summed E-state index contributed by atoms with van der Waals surface area (Å²) < 4.78 is 70.7. The Labute approximate surface area is 167 Å². The number of hydrogen-bond donors (Lipinski definition) is 2. The lowest BCUT2D eigenvalue weighted by molar-refractivity contribution is -0.138. The quantitative estimate of drug-likeness (QED) is 0.489. The number of ether oxygens (including phenoxy) is 1. The Morgan fingerprint density at radius 3 is 2.53 bits per heavy atom. The normalized spacial score (nSPS) is 16.1. The fourth-order valence-corrected chi connectivity index (χ4v) is 2.93. The minimum atomic E-state index is -4.87. The molecule has 1 heterocycles. The first-order valence-electron chi connectivity index (χ1n) is 8.59. The second-order valence-corrected chi connectivity index (χ2v) is 6.45.